The van der Waals surface area contributed by atoms with Crippen LogP contribution in [0.4, 0.5) is 0 Å². The molecule has 1 saturated heterocycles. The highest BCUT2D eigenvalue weighted by Crippen LogP contribution is 2.22. The molecule has 2 heterocycles. The number of benzene rings is 1. The maximum Gasteiger partial charge on any atom is 0.192 e. The molecule has 1 aliphatic heterocycles. The number of aromatic nitrogens is 3. The number of aryl methyl sites for hydroxylation is 1. The van der Waals surface area contributed by atoms with Crippen LogP contribution in [0, 0.1) is 6.92 Å². The predicted octanol–water partition coefficient (Wildman–Crippen LogP) is 2.86. The third-order valence-electron chi connectivity index (χ3n) is 4.81. The van der Waals surface area contributed by atoms with Crippen LogP contribution in [0.1, 0.15) is 43.0 Å². The molecule has 0 aliphatic carbocycles. The summed E-state index contributed by atoms with van der Waals surface area (Å²) in [5.74, 6) is 2.46. The van der Waals surface area contributed by atoms with E-state index in [4.69, 9.17) is 9.73 Å². The highest BCUT2D eigenvalue weighted by atomic mass is 79.9. The van der Waals surface area contributed by atoms with Gasteiger partial charge in [-0.05, 0) is 38.3 Å². The molecule has 146 valence electrons. The van der Waals surface area contributed by atoms with Gasteiger partial charge in [-0.3, -0.25) is 0 Å². The van der Waals surface area contributed by atoms with Crippen molar-refractivity contribution in [2.24, 2.45) is 12.0 Å². The Morgan fingerprint density at radius 1 is 1.41 bits per heavy atom. The smallest absolute Gasteiger partial charge is 0.192 e. The van der Waals surface area contributed by atoms with Gasteiger partial charge in [-0.25, -0.2) is 4.99 Å². The number of guanidine groups is 1. The lowest BCUT2D eigenvalue weighted by molar-refractivity contribution is 0.113. The summed E-state index contributed by atoms with van der Waals surface area (Å²) in [5.41, 5.74) is 1.18. The molecule has 8 heteroatoms. The maximum atomic E-state index is 5.72. The van der Waals surface area contributed by atoms with Gasteiger partial charge in [0.25, 0.3) is 0 Å². The Morgan fingerprint density at radius 3 is 2.89 bits per heavy atom. The Kier molecular flexibility index (Phi) is 6.84. The molecule has 2 N–H and O–H groups in total. The second-order valence-electron chi connectivity index (χ2n) is 6.79. The quantitative estimate of drug-likeness (QED) is 0.539. The van der Waals surface area contributed by atoms with Crippen LogP contribution in [0.15, 0.2) is 33.7 Å². The summed E-state index contributed by atoms with van der Waals surface area (Å²) >= 11 is 3.63. The van der Waals surface area contributed by atoms with Crippen molar-refractivity contribution in [1.82, 2.24) is 25.4 Å². The van der Waals surface area contributed by atoms with Crippen LogP contribution in [0.5, 0.6) is 0 Å². The third-order valence-corrected chi connectivity index (χ3v) is 5.53. The topological polar surface area (TPSA) is 76.4 Å². The number of hydrogen-bond donors (Lipinski definition) is 2. The Labute approximate surface area is 168 Å². The van der Waals surface area contributed by atoms with Crippen LogP contribution in [0.25, 0.3) is 0 Å². The summed E-state index contributed by atoms with van der Waals surface area (Å²) in [7, 11) is 1.96. The SMILES string of the molecule is Cc1nnc(CN=C(NCC2CCCO2)NC(C)c2ccccc2Br)n1C. The number of nitrogens with zero attached hydrogens (tertiary/aromatic N) is 4. The number of ether oxygens (including phenoxy) is 1. The lowest BCUT2D eigenvalue weighted by atomic mass is 10.1. The van der Waals surface area contributed by atoms with Crippen LogP contribution < -0.4 is 10.6 Å². The molecule has 0 amide bonds. The molecule has 7 nitrogen and oxygen atoms in total. The largest absolute Gasteiger partial charge is 0.376 e. The van der Waals surface area contributed by atoms with E-state index < -0.39 is 0 Å². The van der Waals surface area contributed by atoms with E-state index in [0.29, 0.717) is 6.54 Å². The molecule has 2 aromatic rings. The Morgan fingerprint density at radius 2 is 2.22 bits per heavy atom. The second kappa shape index (κ2) is 9.32. The fraction of sp³-hybridized carbons (Fsp3) is 0.526. The number of rotatable bonds is 6. The fourth-order valence-corrected chi connectivity index (χ4v) is 3.64. The van der Waals surface area contributed by atoms with Crippen LogP contribution in [0.3, 0.4) is 0 Å². The molecular weight excluding hydrogens is 408 g/mol. The zero-order valence-corrected chi connectivity index (χ0v) is 17.7. The van der Waals surface area contributed by atoms with E-state index in [-0.39, 0.29) is 12.1 Å². The van der Waals surface area contributed by atoms with E-state index in [2.05, 4.69) is 49.8 Å². The van der Waals surface area contributed by atoms with Crippen LogP contribution >= 0.6 is 15.9 Å². The molecule has 0 radical (unpaired) electrons. The number of nitrogens with one attached hydrogen (secondary N) is 2. The predicted molar refractivity (Wildman–Crippen MR) is 110 cm³/mol. The average molecular weight is 435 g/mol. The molecular formula is C19H27BrN6O. The molecule has 1 aromatic heterocycles. The van der Waals surface area contributed by atoms with Crippen molar-refractivity contribution in [3.8, 4) is 0 Å². The second-order valence-corrected chi connectivity index (χ2v) is 7.65. The molecule has 1 fully saturated rings. The molecule has 2 atom stereocenters. The van der Waals surface area contributed by atoms with Crippen LogP contribution in [-0.4, -0.2) is 40.0 Å². The molecule has 0 spiro atoms. The van der Waals surface area contributed by atoms with Crippen molar-refractivity contribution in [2.75, 3.05) is 13.2 Å². The van der Waals surface area contributed by atoms with Crippen LogP contribution in [-0.2, 0) is 18.3 Å². The van der Waals surface area contributed by atoms with E-state index in [1.807, 2.05) is 36.7 Å². The number of halogens is 1. The highest BCUT2D eigenvalue weighted by Gasteiger charge is 2.17. The molecule has 0 saturated carbocycles. The van der Waals surface area contributed by atoms with Gasteiger partial charge in [0, 0.05) is 24.7 Å². The zero-order valence-electron chi connectivity index (χ0n) is 16.1. The molecule has 0 bridgehead atoms. The van der Waals surface area contributed by atoms with E-state index >= 15 is 0 Å². The third kappa shape index (κ3) is 5.29. The molecule has 1 aromatic carbocycles. The number of hydrogen-bond acceptors (Lipinski definition) is 4. The van der Waals surface area contributed by atoms with Gasteiger partial charge in [0.15, 0.2) is 11.8 Å². The monoisotopic (exact) mass is 434 g/mol. The maximum absolute atomic E-state index is 5.72. The van der Waals surface area contributed by atoms with Gasteiger partial charge in [0.1, 0.15) is 12.4 Å². The van der Waals surface area contributed by atoms with Crippen molar-refractivity contribution >= 4 is 21.9 Å². The first kappa shape index (κ1) is 19.8. The minimum atomic E-state index is 0.0950. The Balaban J connectivity index is 1.70. The van der Waals surface area contributed by atoms with E-state index in [9.17, 15) is 0 Å². The summed E-state index contributed by atoms with van der Waals surface area (Å²) in [6, 6.07) is 8.30. The van der Waals surface area contributed by atoms with Gasteiger partial charge >= 0.3 is 0 Å². The summed E-state index contributed by atoms with van der Waals surface area (Å²) in [5, 5.41) is 15.2. The number of aliphatic imine (C=N–C) groups is 1. The van der Waals surface area contributed by atoms with Gasteiger partial charge in [-0.1, -0.05) is 34.1 Å². The molecule has 1 aliphatic rings. The Hall–Kier alpha value is -1.93. The summed E-state index contributed by atoms with van der Waals surface area (Å²) in [4.78, 5) is 4.72. The first-order valence-corrected chi connectivity index (χ1v) is 10.1. The summed E-state index contributed by atoms with van der Waals surface area (Å²) < 4.78 is 8.75. The lowest BCUT2D eigenvalue weighted by Gasteiger charge is -2.21. The van der Waals surface area contributed by atoms with Gasteiger partial charge in [-0.2, -0.15) is 0 Å². The van der Waals surface area contributed by atoms with E-state index in [0.717, 1.165) is 48.1 Å². The minimum Gasteiger partial charge on any atom is -0.376 e. The van der Waals surface area contributed by atoms with Gasteiger partial charge in [0.05, 0.1) is 12.1 Å². The molecule has 2 unspecified atom stereocenters. The van der Waals surface area contributed by atoms with Crippen molar-refractivity contribution in [3.63, 3.8) is 0 Å². The Bertz CT molecular complexity index is 784. The van der Waals surface area contributed by atoms with Gasteiger partial charge in [-0.15, -0.1) is 10.2 Å². The standard InChI is InChI=1S/C19H27BrN6O/c1-13(16-8-4-5-9-17(16)20)23-19(21-11-15-7-6-10-27-15)22-12-18-25-24-14(2)26(18)3/h4-5,8-9,13,15H,6-7,10-12H2,1-3H3,(H2,21,22,23). The van der Waals surface area contributed by atoms with Gasteiger partial charge < -0.3 is 19.9 Å². The highest BCUT2D eigenvalue weighted by molar-refractivity contribution is 9.10. The molecule has 27 heavy (non-hydrogen) atoms. The van der Waals surface area contributed by atoms with Crippen molar-refractivity contribution in [1.29, 1.82) is 0 Å². The molecule has 3 rings (SSSR count). The first-order chi connectivity index (χ1) is 13.0. The lowest BCUT2D eigenvalue weighted by Crippen LogP contribution is -2.42. The van der Waals surface area contributed by atoms with Crippen molar-refractivity contribution in [2.45, 2.75) is 45.4 Å². The fourth-order valence-electron chi connectivity index (χ4n) is 3.02. The van der Waals surface area contributed by atoms with Crippen molar-refractivity contribution in [3.05, 3.63) is 46.0 Å². The zero-order chi connectivity index (χ0) is 19.2. The van der Waals surface area contributed by atoms with Crippen molar-refractivity contribution < 1.29 is 4.74 Å². The normalized spacial score (nSPS) is 18.5. The van der Waals surface area contributed by atoms with E-state index in [1.54, 1.807) is 0 Å². The van der Waals surface area contributed by atoms with E-state index in [1.165, 1.54) is 5.56 Å². The van der Waals surface area contributed by atoms with Gasteiger partial charge in [0.2, 0.25) is 0 Å². The summed E-state index contributed by atoms with van der Waals surface area (Å²) in [6.45, 7) is 6.10. The average Bonchev–Trinajstić information content (AvgIpc) is 3.29. The first-order valence-electron chi connectivity index (χ1n) is 9.30. The minimum absolute atomic E-state index is 0.0950. The summed E-state index contributed by atoms with van der Waals surface area (Å²) in [6.07, 6.45) is 2.45. The van der Waals surface area contributed by atoms with Crippen LogP contribution in [0.2, 0.25) is 0 Å².